The normalized spacial score (nSPS) is 32.8. The van der Waals surface area contributed by atoms with Crippen molar-refractivity contribution in [3.63, 3.8) is 0 Å². The van der Waals surface area contributed by atoms with Crippen LogP contribution in [-0.2, 0) is 14.3 Å². The van der Waals surface area contributed by atoms with Crippen molar-refractivity contribution in [2.45, 2.75) is 45.6 Å². The molecule has 2 rings (SSSR count). The van der Waals surface area contributed by atoms with Gasteiger partial charge in [-0.15, -0.1) is 0 Å². The van der Waals surface area contributed by atoms with E-state index in [1.165, 1.54) is 0 Å². The molecule has 1 aliphatic heterocycles. The summed E-state index contributed by atoms with van der Waals surface area (Å²) in [5, 5.41) is 12.3. The van der Waals surface area contributed by atoms with Crippen molar-refractivity contribution < 1.29 is 19.4 Å². The van der Waals surface area contributed by atoms with Gasteiger partial charge in [0.05, 0.1) is 11.8 Å². The largest absolute Gasteiger partial charge is 0.481 e. The minimum absolute atomic E-state index is 0.0826. The minimum Gasteiger partial charge on any atom is -0.481 e. The Morgan fingerprint density at radius 1 is 1.20 bits per heavy atom. The summed E-state index contributed by atoms with van der Waals surface area (Å²) >= 11 is 0. The van der Waals surface area contributed by atoms with Crippen molar-refractivity contribution in [1.29, 1.82) is 0 Å². The first kappa shape index (κ1) is 15.3. The van der Waals surface area contributed by atoms with E-state index < -0.39 is 11.9 Å². The molecule has 4 atom stereocenters. The summed E-state index contributed by atoms with van der Waals surface area (Å²) in [7, 11) is 0. The number of aliphatic carboxylic acids is 1. The Labute approximate surface area is 120 Å². The lowest BCUT2D eigenvalue weighted by molar-refractivity contribution is -0.146. The average molecular weight is 283 g/mol. The summed E-state index contributed by atoms with van der Waals surface area (Å²) in [4.78, 5) is 23.6. The molecule has 0 aromatic heterocycles. The standard InChI is InChI=1S/C15H25NO4/c1-9-7-12(13(8-9)15(18)19)14(17)16-10(2)11-3-5-20-6-4-11/h9-13H,3-8H2,1-2H3,(H,16,17)(H,18,19). The number of carboxylic acids is 1. The van der Waals surface area contributed by atoms with Crippen LogP contribution in [0.1, 0.15) is 39.5 Å². The summed E-state index contributed by atoms with van der Waals surface area (Å²) in [5.41, 5.74) is 0. The summed E-state index contributed by atoms with van der Waals surface area (Å²) in [6.45, 7) is 5.54. The van der Waals surface area contributed by atoms with E-state index in [4.69, 9.17) is 4.74 Å². The van der Waals surface area contributed by atoms with Crippen LogP contribution in [0.25, 0.3) is 0 Å². The van der Waals surface area contributed by atoms with Gasteiger partial charge in [-0.05, 0) is 44.4 Å². The molecule has 4 unspecified atom stereocenters. The first-order valence-electron chi connectivity index (χ1n) is 7.60. The predicted molar refractivity (Wildman–Crippen MR) is 74.2 cm³/mol. The number of nitrogens with one attached hydrogen (secondary N) is 1. The molecule has 1 heterocycles. The van der Waals surface area contributed by atoms with Crippen LogP contribution in [0.3, 0.4) is 0 Å². The molecule has 2 aliphatic rings. The maximum Gasteiger partial charge on any atom is 0.307 e. The maximum absolute atomic E-state index is 12.4. The maximum atomic E-state index is 12.4. The lowest BCUT2D eigenvalue weighted by Crippen LogP contribution is -2.44. The molecule has 114 valence electrons. The Hall–Kier alpha value is -1.10. The molecule has 1 saturated heterocycles. The molecule has 5 nitrogen and oxygen atoms in total. The van der Waals surface area contributed by atoms with Gasteiger partial charge in [0.15, 0.2) is 0 Å². The predicted octanol–water partition coefficient (Wildman–Crippen LogP) is 1.66. The van der Waals surface area contributed by atoms with Crippen LogP contribution in [0.5, 0.6) is 0 Å². The molecule has 5 heteroatoms. The molecule has 2 N–H and O–H groups in total. The van der Waals surface area contributed by atoms with Crippen LogP contribution >= 0.6 is 0 Å². The van der Waals surface area contributed by atoms with Gasteiger partial charge in [-0.2, -0.15) is 0 Å². The van der Waals surface area contributed by atoms with Crippen LogP contribution in [0.15, 0.2) is 0 Å². The molecular weight excluding hydrogens is 258 g/mol. The number of carbonyl (C=O) groups is 2. The third-order valence-corrected chi connectivity index (χ3v) is 4.80. The third kappa shape index (κ3) is 3.51. The van der Waals surface area contributed by atoms with E-state index >= 15 is 0 Å². The quantitative estimate of drug-likeness (QED) is 0.823. The Kier molecular flexibility index (Phi) is 5.02. The second-order valence-electron chi connectivity index (χ2n) is 6.37. The molecule has 1 amide bonds. The second-order valence-corrected chi connectivity index (χ2v) is 6.37. The van der Waals surface area contributed by atoms with Crippen LogP contribution in [0.2, 0.25) is 0 Å². The zero-order chi connectivity index (χ0) is 14.7. The monoisotopic (exact) mass is 283 g/mol. The van der Waals surface area contributed by atoms with E-state index in [1.807, 2.05) is 13.8 Å². The number of amides is 1. The van der Waals surface area contributed by atoms with E-state index in [9.17, 15) is 14.7 Å². The Balaban J connectivity index is 1.91. The Bertz CT molecular complexity index is 365. The number of carbonyl (C=O) groups excluding carboxylic acids is 1. The topological polar surface area (TPSA) is 75.6 Å². The molecular formula is C15H25NO4. The number of ether oxygens (including phenoxy) is 1. The zero-order valence-electron chi connectivity index (χ0n) is 12.3. The van der Waals surface area contributed by atoms with E-state index in [2.05, 4.69) is 5.32 Å². The average Bonchev–Trinajstić information content (AvgIpc) is 2.82. The highest BCUT2D eigenvalue weighted by molar-refractivity contribution is 5.85. The number of hydrogen-bond donors (Lipinski definition) is 2. The third-order valence-electron chi connectivity index (χ3n) is 4.80. The summed E-state index contributed by atoms with van der Waals surface area (Å²) in [5.74, 6) is -1.06. The van der Waals surface area contributed by atoms with Gasteiger partial charge in [-0.3, -0.25) is 9.59 Å². The fourth-order valence-corrected chi connectivity index (χ4v) is 3.52. The number of carboxylic acid groups (broad SMARTS) is 1. The van der Waals surface area contributed by atoms with Gasteiger partial charge in [0.25, 0.3) is 0 Å². The summed E-state index contributed by atoms with van der Waals surface area (Å²) in [6, 6.07) is 0.0942. The van der Waals surface area contributed by atoms with Crippen LogP contribution in [0.4, 0.5) is 0 Å². The van der Waals surface area contributed by atoms with Crippen LogP contribution in [0, 0.1) is 23.7 Å². The van der Waals surface area contributed by atoms with Crippen molar-refractivity contribution in [3.8, 4) is 0 Å². The number of hydrogen-bond acceptors (Lipinski definition) is 3. The summed E-state index contributed by atoms with van der Waals surface area (Å²) in [6.07, 6.45) is 3.22. The van der Waals surface area contributed by atoms with Gasteiger partial charge in [-0.25, -0.2) is 0 Å². The Morgan fingerprint density at radius 2 is 1.80 bits per heavy atom. The highest BCUT2D eigenvalue weighted by atomic mass is 16.5. The van der Waals surface area contributed by atoms with Gasteiger partial charge < -0.3 is 15.2 Å². The highest BCUT2D eigenvalue weighted by Gasteiger charge is 2.41. The van der Waals surface area contributed by atoms with Gasteiger partial charge in [-0.1, -0.05) is 6.92 Å². The molecule has 2 fully saturated rings. The molecule has 20 heavy (non-hydrogen) atoms. The Morgan fingerprint density at radius 3 is 2.40 bits per heavy atom. The molecule has 1 aliphatic carbocycles. The van der Waals surface area contributed by atoms with E-state index in [-0.39, 0.29) is 17.9 Å². The SMILES string of the molecule is CC1CC(C(=O)O)C(C(=O)NC(C)C2CCOCC2)C1. The first-order valence-corrected chi connectivity index (χ1v) is 7.60. The van der Waals surface area contributed by atoms with Crippen LogP contribution < -0.4 is 5.32 Å². The summed E-state index contributed by atoms with van der Waals surface area (Å²) < 4.78 is 5.33. The fourth-order valence-electron chi connectivity index (χ4n) is 3.52. The molecule has 0 radical (unpaired) electrons. The van der Waals surface area contributed by atoms with Crippen molar-refractivity contribution in [2.24, 2.45) is 23.7 Å². The first-order chi connectivity index (χ1) is 9.49. The van der Waals surface area contributed by atoms with E-state index in [0.717, 1.165) is 26.1 Å². The van der Waals surface area contributed by atoms with Gasteiger partial charge in [0, 0.05) is 19.3 Å². The van der Waals surface area contributed by atoms with Crippen molar-refractivity contribution in [2.75, 3.05) is 13.2 Å². The van der Waals surface area contributed by atoms with Crippen molar-refractivity contribution in [1.82, 2.24) is 5.32 Å². The number of rotatable bonds is 4. The smallest absolute Gasteiger partial charge is 0.307 e. The van der Waals surface area contributed by atoms with Gasteiger partial charge >= 0.3 is 5.97 Å². The van der Waals surface area contributed by atoms with Crippen LogP contribution in [-0.4, -0.2) is 36.2 Å². The van der Waals surface area contributed by atoms with Crippen molar-refractivity contribution in [3.05, 3.63) is 0 Å². The van der Waals surface area contributed by atoms with Gasteiger partial charge in [0.1, 0.15) is 0 Å². The second kappa shape index (κ2) is 6.57. The lowest BCUT2D eigenvalue weighted by Gasteiger charge is -2.29. The minimum atomic E-state index is -0.840. The fraction of sp³-hybridized carbons (Fsp3) is 0.867. The lowest BCUT2D eigenvalue weighted by atomic mass is 9.91. The van der Waals surface area contributed by atoms with Crippen molar-refractivity contribution >= 4 is 11.9 Å². The molecule has 0 bridgehead atoms. The van der Waals surface area contributed by atoms with Gasteiger partial charge in [0.2, 0.25) is 5.91 Å². The molecule has 1 saturated carbocycles. The molecule has 0 aromatic rings. The molecule has 0 aromatic carbocycles. The van der Waals surface area contributed by atoms with E-state index in [0.29, 0.717) is 24.7 Å². The molecule has 0 spiro atoms. The zero-order valence-corrected chi connectivity index (χ0v) is 12.3. The van der Waals surface area contributed by atoms with E-state index in [1.54, 1.807) is 0 Å². The highest BCUT2D eigenvalue weighted by Crippen LogP contribution is 2.36.